The fourth-order valence-corrected chi connectivity index (χ4v) is 16.5. The normalized spacial score (nSPS) is 25.0. The number of amides is 5. The number of carbonyl (C=O) groups excluding carboxylic acids is 5. The van der Waals surface area contributed by atoms with Crippen LogP contribution in [0.3, 0.4) is 0 Å². The molecule has 7 atom stereocenters. The Kier molecular flexibility index (Phi) is 14.7. The van der Waals surface area contributed by atoms with Gasteiger partial charge >= 0.3 is 12.2 Å². The lowest BCUT2D eigenvalue weighted by Crippen LogP contribution is -2.60. The molecule has 0 saturated heterocycles. The topological polar surface area (TPSA) is 178 Å². The molecule has 6 aromatic rings. The van der Waals surface area contributed by atoms with Gasteiger partial charge in [0.05, 0.1) is 10.8 Å². The quantitative estimate of drug-likeness (QED) is 0.0528. The molecule has 0 bridgehead atoms. The number of carbonyl (C=O) groups is 5. The predicted octanol–water partition coefficient (Wildman–Crippen LogP) is 13.4. The van der Waals surface area contributed by atoms with Crippen LogP contribution in [0.15, 0.2) is 133 Å². The second-order valence-electron chi connectivity index (χ2n) is 25.3. The van der Waals surface area contributed by atoms with Gasteiger partial charge in [0.25, 0.3) is 0 Å². The number of unbranched alkanes of at least 4 members (excludes halogenated alkanes) is 1. The van der Waals surface area contributed by atoms with Crippen molar-refractivity contribution in [3.05, 3.63) is 178 Å². The van der Waals surface area contributed by atoms with Gasteiger partial charge in [-0.1, -0.05) is 150 Å². The first kappa shape index (κ1) is 55.0. The van der Waals surface area contributed by atoms with Gasteiger partial charge in [-0.25, -0.2) is 9.59 Å². The Morgan fingerprint density at radius 3 is 1.41 bits per heavy atom. The number of hydrogen-bond donors (Lipinski definition) is 5. The SMILES string of the molecule is C[C@]1(C(=O)NC(=O)[C@@]2(C)CCC[C@]3(C)c4cc(NC(=O)[C@H](CCCCN)NC(=O)OCC5c6ccccc6-c6ccccc65)ccc4CC[C@@H]23)CCC[C@]2(C)c3cc(NC(=O)OCC4c5ccccc5-c5ccccc54)ccc3CC[C@@H]12. The Bertz CT molecular complexity index is 3410. The molecule has 6 aromatic carbocycles. The third-order valence-electron chi connectivity index (χ3n) is 20.7. The van der Waals surface area contributed by atoms with Crippen LogP contribution < -0.4 is 27.0 Å². The van der Waals surface area contributed by atoms with Crippen LogP contribution in [0.5, 0.6) is 0 Å². The molecule has 12 heteroatoms. The number of nitrogens with two attached hydrogens (primary N) is 1. The lowest BCUT2D eigenvalue weighted by atomic mass is 9.49. The van der Waals surface area contributed by atoms with Gasteiger partial charge < -0.3 is 25.8 Å². The van der Waals surface area contributed by atoms with Gasteiger partial charge in [-0.15, -0.1) is 0 Å². The number of nitrogens with one attached hydrogen (secondary N) is 4. The Morgan fingerprint density at radius 1 is 0.537 bits per heavy atom. The van der Waals surface area contributed by atoms with E-state index in [0.717, 1.165) is 95.9 Å². The van der Waals surface area contributed by atoms with Gasteiger partial charge in [0, 0.05) is 23.2 Å². The van der Waals surface area contributed by atoms with Crippen LogP contribution >= 0.6 is 0 Å². The van der Waals surface area contributed by atoms with Crippen molar-refractivity contribution in [3.63, 3.8) is 0 Å². The third kappa shape index (κ3) is 9.68. The van der Waals surface area contributed by atoms with Crippen molar-refractivity contribution in [2.45, 2.75) is 140 Å². The molecule has 12 rings (SSSR count). The Balaban J connectivity index is 0.703. The molecule has 0 radical (unpaired) electrons. The molecule has 0 aromatic heterocycles. The lowest BCUT2D eigenvalue weighted by Gasteiger charge is -2.56. The highest BCUT2D eigenvalue weighted by molar-refractivity contribution is 6.01. The molecule has 0 spiro atoms. The number of rotatable bonds is 14. The third-order valence-corrected chi connectivity index (χ3v) is 20.7. The second-order valence-corrected chi connectivity index (χ2v) is 25.3. The zero-order valence-electron chi connectivity index (χ0n) is 47.8. The summed E-state index contributed by atoms with van der Waals surface area (Å²) < 4.78 is 11.8. The van der Waals surface area contributed by atoms with Crippen LogP contribution in [0.4, 0.5) is 21.0 Å². The highest BCUT2D eigenvalue weighted by Gasteiger charge is 2.58. The molecule has 5 amide bonds. The summed E-state index contributed by atoms with van der Waals surface area (Å²) in [5.74, 6) is -1.01. The van der Waals surface area contributed by atoms with Gasteiger partial charge in [0.15, 0.2) is 0 Å². The molecular formula is C70H77N5O7. The zero-order chi connectivity index (χ0) is 57.0. The monoisotopic (exact) mass is 1100 g/mol. The van der Waals surface area contributed by atoms with Crippen molar-refractivity contribution in [2.24, 2.45) is 28.4 Å². The minimum absolute atomic E-state index is 0.0345. The summed E-state index contributed by atoms with van der Waals surface area (Å²) in [4.78, 5) is 71.5. The van der Waals surface area contributed by atoms with Crippen molar-refractivity contribution >= 4 is 41.3 Å². The number of hydrogen-bond acceptors (Lipinski definition) is 8. The highest BCUT2D eigenvalue weighted by Crippen LogP contribution is 2.60. The van der Waals surface area contributed by atoms with E-state index in [1.807, 2.05) is 60.7 Å². The number of aryl methyl sites for hydroxylation is 2. The molecule has 6 N–H and O–H groups in total. The fourth-order valence-electron chi connectivity index (χ4n) is 16.5. The summed E-state index contributed by atoms with van der Waals surface area (Å²) in [5.41, 5.74) is 18.6. The summed E-state index contributed by atoms with van der Waals surface area (Å²) in [7, 11) is 0. The van der Waals surface area contributed by atoms with E-state index in [0.29, 0.717) is 50.0 Å². The Morgan fingerprint density at radius 2 is 0.963 bits per heavy atom. The summed E-state index contributed by atoms with van der Waals surface area (Å²) >= 11 is 0. The highest BCUT2D eigenvalue weighted by atomic mass is 16.6. The first-order valence-electron chi connectivity index (χ1n) is 30.0. The molecule has 12 nitrogen and oxygen atoms in total. The summed E-state index contributed by atoms with van der Waals surface area (Å²) in [5, 5.41) is 12.2. The molecule has 2 fully saturated rings. The summed E-state index contributed by atoms with van der Waals surface area (Å²) in [6, 6.07) is 44.4. The maximum Gasteiger partial charge on any atom is 0.411 e. The van der Waals surface area contributed by atoms with Crippen LogP contribution in [0.25, 0.3) is 22.3 Å². The largest absolute Gasteiger partial charge is 0.449 e. The van der Waals surface area contributed by atoms with Gasteiger partial charge in [0.1, 0.15) is 19.3 Å². The van der Waals surface area contributed by atoms with Gasteiger partial charge in [-0.3, -0.25) is 25.0 Å². The Hall–Kier alpha value is -7.57. The zero-order valence-corrected chi connectivity index (χ0v) is 47.8. The van der Waals surface area contributed by atoms with Crippen molar-refractivity contribution < 1.29 is 33.4 Å². The predicted molar refractivity (Wildman–Crippen MR) is 320 cm³/mol. The lowest BCUT2D eigenvalue weighted by molar-refractivity contribution is -0.150. The molecule has 0 unspecified atom stereocenters. The first-order chi connectivity index (χ1) is 39.6. The van der Waals surface area contributed by atoms with E-state index in [1.165, 1.54) is 22.3 Å². The number of ether oxygens (including phenoxy) is 2. The molecule has 82 heavy (non-hydrogen) atoms. The van der Waals surface area contributed by atoms with E-state index in [1.54, 1.807) is 0 Å². The molecule has 6 aliphatic carbocycles. The van der Waals surface area contributed by atoms with Crippen LogP contribution in [-0.2, 0) is 47.5 Å². The minimum Gasteiger partial charge on any atom is -0.449 e. The molecule has 6 aliphatic rings. The van der Waals surface area contributed by atoms with Crippen LogP contribution in [0, 0.1) is 22.7 Å². The first-order valence-corrected chi connectivity index (χ1v) is 30.0. The summed E-state index contributed by atoms with van der Waals surface area (Å²) in [6.45, 7) is 9.48. The van der Waals surface area contributed by atoms with Gasteiger partial charge in [-0.05, 0) is 191 Å². The summed E-state index contributed by atoms with van der Waals surface area (Å²) in [6.07, 6.45) is 8.45. The van der Waals surface area contributed by atoms with Crippen LogP contribution in [0.1, 0.15) is 155 Å². The molecular weight excluding hydrogens is 1020 g/mol. The van der Waals surface area contributed by atoms with Crippen LogP contribution in [-0.4, -0.2) is 55.7 Å². The van der Waals surface area contributed by atoms with Crippen molar-refractivity contribution in [2.75, 3.05) is 30.4 Å². The number of fused-ring (bicyclic) bond motifs is 12. The minimum atomic E-state index is -0.857. The van der Waals surface area contributed by atoms with E-state index >= 15 is 9.59 Å². The van der Waals surface area contributed by atoms with E-state index in [9.17, 15) is 14.4 Å². The number of benzene rings is 6. The van der Waals surface area contributed by atoms with E-state index in [-0.39, 0.29) is 60.0 Å². The maximum absolute atomic E-state index is 15.1. The van der Waals surface area contributed by atoms with Gasteiger partial charge in [-0.2, -0.15) is 0 Å². The van der Waals surface area contributed by atoms with E-state index in [2.05, 4.69) is 122 Å². The van der Waals surface area contributed by atoms with Crippen molar-refractivity contribution in [1.29, 1.82) is 0 Å². The molecule has 0 aliphatic heterocycles. The average Bonchev–Trinajstić information content (AvgIpc) is 4.14. The van der Waals surface area contributed by atoms with Crippen LogP contribution in [0.2, 0.25) is 0 Å². The van der Waals surface area contributed by atoms with Crippen molar-refractivity contribution in [3.8, 4) is 22.3 Å². The van der Waals surface area contributed by atoms with E-state index < -0.39 is 34.5 Å². The smallest absolute Gasteiger partial charge is 0.411 e. The van der Waals surface area contributed by atoms with E-state index in [4.69, 9.17) is 15.2 Å². The number of imide groups is 1. The molecule has 424 valence electrons. The molecule has 2 saturated carbocycles. The average molecular weight is 1100 g/mol. The van der Waals surface area contributed by atoms with Gasteiger partial charge in [0.2, 0.25) is 17.7 Å². The number of alkyl carbamates (subject to hydrolysis) is 1. The maximum atomic E-state index is 15.1. The number of anilines is 2. The van der Waals surface area contributed by atoms with Crippen molar-refractivity contribution in [1.82, 2.24) is 10.6 Å². The standard InChI is InChI=1S/C70H77N5O7/c1-67-34-15-36-69(3,60(67)32-28-43-26-30-45(39-57(43)67)72-62(76)59(25-13-14-38-71)74-66(80)82-42-56-53-23-11-7-19-49(53)50-20-8-12-24-54(50)56)63(77)75-64(78)70(4)37-16-35-68(2)58-40-46(31-27-44(58)29-33-61(68)70)73-65(79)81-41-55-51-21-9-5-17-47(51)48-18-6-10-22-52(48)55/h5-12,17-24,26-27,30-31,39-40,55-56,59-61H,13-16,25,28-29,32-38,41-42,71H2,1-4H3,(H,72,76)(H,73,79)(H,74,80)(H,75,77,78)/t59-,60+,61+,67+,68+,69-,70-/m0/s1. The molecule has 0 heterocycles. The second kappa shape index (κ2) is 22.0. The fraction of sp³-hybridized carbons (Fsp3) is 0.414. The Labute approximate surface area is 482 Å².